The average Bonchev–Trinajstić information content (AvgIpc) is 2.93. The summed E-state index contributed by atoms with van der Waals surface area (Å²) in [5, 5.41) is 3.31. The first kappa shape index (κ1) is 10.7. The summed E-state index contributed by atoms with van der Waals surface area (Å²) < 4.78 is 0. The Hall–Kier alpha value is -1.39. The molecule has 1 atom stereocenters. The molecule has 2 heterocycles. The van der Waals surface area contributed by atoms with Crippen LogP contribution in [-0.2, 0) is 17.8 Å². The molecular formula is C13H17N3O. The third-order valence-corrected chi connectivity index (χ3v) is 3.65. The van der Waals surface area contributed by atoms with Crippen LogP contribution in [-0.4, -0.2) is 25.0 Å². The molecule has 2 aliphatic rings. The van der Waals surface area contributed by atoms with Crippen LogP contribution < -0.4 is 16.0 Å². The number of nitrogens with zero attached hydrogens (tertiary/aromatic N) is 1. The lowest BCUT2D eigenvalue weighted by Crippen LogP contribution is -2.39. The van der Waals surface area contributed by atoms with Gasteiger partial charge < -0.3 is 16.0 Å². The van der Waals surface area contributed by atoms with Crippen LogP contribution in [0.15, 0.2) is 18.2 Å². The average molecular weight is 231 g/mol. The molecule has 90 valence electrons. The molecule has 2 aliphatic heterocycles. The Morgan fingerprint density at radius 1 is 1.47 bits per heavy atom. The van der Waals surface area contributed by atoms with Gasteiger partial charge in [-0.25, -0.2) is 0 Å². The van der Waals surface area contributed by atoms with Gasteiger partial charge in [-0.1, -0.05) is 12.1 Å². The maximum atomic E-state index is 12.1. The Labute approximate surface area is 101 Å². The van der Waals surface area contributed by atoms with Gasteiger partial charge in [-0.15, -0.1) is 0 Å². The van der Waals surface area contributed by atoms with Gasteiger partial charge in [0.05, 0.1) is 12.5 Å². The highest BCUT2D eigenvalue weighted by Gasteiger charge is 2.34. The molecule has 0 saturated carbocycles. The first-order valence-electron chi connectivity index (χ1n) is 6.14. The normalized spacial score (nSPS) is 23.2. The largest absolute Gasteiger partial charge is 0.326 e. The number of hydrogen-bond acceptors (Lipinski definition) is 3. The summed E-state index contributed by atoms with van der Waals surface area (Å²) >= 11 is 0. The number of rotatable bonds is 2. The molecule has 0 spiro atoms. The van der Waals surface area contributed by atoms with Crippen LogP contribution in [0.1, 0.15) is 17.5 Å². The van der Waals surface area contributed by atoms with Crippen LogP contribution in [0.3, 0.4) is 0 Å². The van der Waals surface area contributed by atoms with E-state index in [1.807, 2.05) is 17.0 Å². The van der Waals surface area contributed by atoms with Crippen molar-refractivity contribution in [2.45, 2.75) is 25.4 Å². The van der Waals surface area contributed by atoms with Crippen molar-refractivity contribution in [3.05, 3.63) is 29.3 Å². The van der Waals surface area contributed by atoms with Gasteiger partial charge >= 0.3 is 0 Å². The maximum Gasteiger partial charge on any atom is 0.231 e. The number of nitrogens with one attached hydrogen (secondary N) is 1. The van der Waals surface area contributed by atoms with E-state index in [-0.39, 0.29) is 5.91 Å². The molecule has 17 heavy (non-hydrogen) atoms. The minimum Gasteiger partial charge on any atom is -0.326 e. The van der Waals surface area contributed by atoms with E-state index in [0.29, 0.717) is 19.0 Å². The summed E-state index contributed by atoms with van der Waals surface area (Å²) in [4.78, 5) is 14.1. The first-order valence-corrected chi connectivity index (χ1v) is 6.14. The van der Waals surface area contributed by atoms with Gasteiger partial charge in [0.2, 0.25) is 5.91 Å². The first-order chi connectivity index (χ1) is 8.29. The smallest absolute Gasteiger partial charge is 0.231 e. The molecular weight excluding hydrogens is 214 g/mol. The lowest BCUT2D eigenvalue weighted by molar-refractivity contribution is -0.117. The van der Waals surface area contributed by atoms with Gasteiger partial charge in [0, 0.05) is 18.8 Å². The number of amides is 1. The van der Waals surface area contributed by atoms with Crippen molar-refractivity contribution in [2.75, 3.05) is 18.0 Å². The van der Waals surface area contributed by atoms with E-state index in [1.165, 1.54) is 0 Å². The monoisotopic (exact) mass is 231 g/mol. The summed E-state index contributed by atoms with van der Waals surface area (Å²) in [5.74, 6) is 0.225. The summed E-state index contributed by atoms with van der Waals surface area (Å²) in [6, 6.07) is 6.45. The molecule has 0 radical (unpaired) electrons. The molecule has 3 rings (SSSR count). The molecule has 1 aromatic carbocycles. The van der Waals surface area contributed by atoms with E-state index in [4.69, 9.17) is 5.73 Å². The predicted octanol–water partition coefficient (Wildman–Crippen LogP) is 0.396. The Morgan fingerprint density at radius 2 is 2.35 bits per heavy atom. The second kappa shape index (κ2) is 4.13. The quantitative estimate of drug-likeness (QED) is 0.774. The molecule has 0 aliphatic carbocycles. The van der Waals surface area contributed by atoms with Crippen LogP contribution in [0.5, 0.6) is 0 Å². The van der Waals surface area contributed by atoms with Crippen LogP contribution >= 0.6 is 0 Å². The lowest BCUT2D eigenvalue weighted by atomic mass is 10.1. The van der Waals surface area contributed by atoms with Crippen LogP contribution in [0.25, 0.3) is 0 Å². The molecule has 0 bridgehead atoms. The summed E-state index contributed by atoms with van der Waals surface area (Å²) in [5.41, 5.74) is 8.94. The van der Waals surface area contributed by atoms with Gasteiger partial charge in [0.25, 0.3) is 0 Å². The molecule has 3 N–H and O–H groups in total. The second-order valence-corrected chi connectivity index (χ2v) is 4.75. The Bertz CT molecular complexity index is 452. The summed E-state index contributed by atoms with van der Waals surface area (Å²) in [6.07, 6.45) is 1.57. The number of hydrogen-bond donors (Lipinski definition) is 2. The Morgan fingerprint density at radius 3 is 3.06 bits per heavy atom. The van der Waals surface area contributed by atoms with E-state index >= 15 is 0 Å². The zero-order chi connectivity index (χ0) is 11.8. The highest BCUT2D eigenvalue weighted by molar-refractivity contribution is 6.02. The summed E-state index contributed by atoms with van der Waals surface area (Å²) in [7, 11) is 0. The van der Waals surface area contributed by atoms with Crippen molar-refractivity contribution in [1.29, 1.82) is 0 Å². The standard InChI is InChI=1S/C13H17N3O/c14-7-9-1-2-12-10(5-9)6-13(17)16(12)11-3-4-15-8-11/h1-2,5,11,15H,3-4,6-8,14H2. The van der Waals surface area contributed by atoms with Crippen molar-refractivity contribution in [1.82, 2.24) is 5.32 Å². The molecule has 1 unspecified atom stereocenters. The number of fused-ring (bicyclic) bond motifs is 1. The molecule has 1 saturated heterocycles. The molecule has 4 nitrogen and oxygen atoms in total. The fourth-order valence-electron chi connectivity index (χ4n) is 2.78. The molecule has 4 heteroatoms. The van der Waals surface area contributed by atoms with Gasteiger partial charge in [-0.2, -0.15) is 0 Å². The molecule has 1 amide bonds. The molecule has 1 aromatic rings. The number of nitrogens with two attached hydrogens (primary N) is 1. The van der Waals surface area contributed by atoms with E-state index < -0.39 is 0 Å². The van der Waals surface area contributed by atoms with Gasteiger partial charge in [0.15, 0.2) is 0 Å². The van der Waals surface area contributed by atoms with Crippen molar-refractivity contribution in [3.63, 3.8) is 0 Å². The van der Waals surface area contributed by atoms with E-state index in [9.17, 15) is 4.79 Å². The Balaban J connectivity index is 1.95. The van der Waals surface area contributed by atoms with Crippen LogP contribution in [0.4, 0.5) is 5.69 Å². The SMILES string of the molecule is NCc1ccc2c(c1)CC(=O)N2C1CCNC1. The summed E-state index contributed by atoms with van der Waals surface area (Å²) in [6.45, 7) is 2.45. The third kappa shape index (κ3) is 1.73. The fourth-order valence-corrected chi connectivity index (χ4v) is 2.78. The zero-order valence-corrected chi connectivity index (χ0v) is 9.78. The van der Waals surface area contributed by atoms with E-state index in [2.05, 4.69) is 11.4 Å². The topological polar surface area (TPSA) is 58.4 Å². The van der Waals surface area contributed by atoms with Gasteiger partial charge in [-0.3, -0.25) is 4.79 Å². The van der Waals surface area contributed by atoms with Crippen molar-refractivity contribution in [3.8, 4) is 0 Å². The maximum absolute atomic E-state index is 12.1. The van der Waals surface area contributed by atoms with Crippen molar-refractivity contribution < 1.29 is 4.79 Å². The third-order valence-electron chi connectivity index (χ3n) is 3.65. The predicted molar refractivity (Wildman–Crippen MR) is 66.8 cm³/mol. The van der Waals surface area contributed by atoms with Crippen molar-refractivity contribution in [2.24, 2.45) is 5.73 Å². The highest BCUT2D eigenvalue weighted by atomic mass is 16.2. The molecule has 0 aromatic heterocycles. The van der Waals surface area contributed by atoms with Crippen molar-refractivity contribution >= 4 is 11.6 Å². The second-order valence-electron chi connectivity index (χ2n) is 4.75. The zero-order valence-electron chi connectivity index (χ0n) is 9.78. The Kier molecular flexibility index (Phi) is 2.61. The minimum absolute atomic E-state index is 0.225. The number of anilines is 1. The number of benzene rings is 1. The van der Waals surface area contributed by atoms with E-state index in [1.54, 1.807) is 0 Å². The van der Waals surface area contributed by atoms with Crippen LogP contribution in [0, 0.1) is 0 Å². The lowest BCUT2D eigenvalue weighted by Gasteiger charge is -2.24. The van der Waals surface area contributed by atoms with Crippen LogP contribution in [0.2, 0.25) is 0 Å². The van der Waals surface area contributed by atoms with Gasteiger partial charge in [-0.05, 0) is 30.2 Å². The highest BCUT2D eigenvalue weighted by Crippen LogP contribution is 2.32. The minimum atomic E-state index is 0.225. The number of carbonyl (C=O) groups is 1. The number of carbonyl (C=O) groups excluding carboxylic acids is 1. The molecule has 1 fully saturated rings. The van der Waals surface area contributed by atoms with E-state index in [0.717, 1.165) is 36.3 Å². The van der Waals surface area contributed by atoms with Gasteiger partial charge in [0.1, 0.15) is 0 Å². The fraction of sp³-hybridized carbons (Fsp3) is 0.462.